The number of nitrogen functional groups attached to an aromatic ring is 3. The van der Waals surface area contributed by atoms with E-state index in [1.54, 1.807) is 23.4 Å². The minimum absolute atomic E-state index is 0. The van der Waals surface area contributed by atoms with Crippen LogP contribution in [0.1, 0.15) is 74.1 Å². The summed E-state index contributed by atoms with van der Waals surface area (Å²) in [4.78, 5) is 104. The molecule has 7 N–H and O–H groups in total. The number of fused-ring (bicyclic) bond motifs is 3. The van der Waals surface area contributed by atoms with Crippen molar-refractivity contribution in [2.24, 2.45) is 17.8 Å². The Labute approximate surface area is 430 Å². The summed E-state index contributed by atoms with van der Waals surface area (Å²) in [6, 6.07) is 0. The second kappa shape index (κ2) is 31.8. The minimum Gasteiger partial charge on any atom is -0.465 e. The van der Waals surface area contributed by atoms with Crippen LogP contribution in [0.2, 0.25) is 10.3 Å². The molecule has 6 aromatic heterocycles. The summed E-state index contributed by atoms with van der Waals surface area (Å²) in [6.45, 7) is 12.5. The largest absolute Gasteiger partial charge is 0.465 e. The smallest absolute Gasteiger partial charge is 0.302 e. The fourth-order valence-electron chi connectivity index (χ4n) is 6.04. The van der Waals surface area contributed by atoms with Gasteiger partial charge in [-0.1, -0.05) is 36.5 Å². The number of esters is 6. The van der Waals surface area contributed by atoms with E-state index >= 15 is 0 Å². The third kappa shape index (κ3) is 23.1. The zero-order valence-corrected chi connectivity index (χ0v) is 42.9. The molecule has 27 nitrogen and oxygen atoms in total. The number of ether oxygens (including phenoxy) is 6. The monoisotopic (exact) mass is 1060 g/mol. The predicted octanol–water partition coefficient (Wildman–Crippen LogP) is 3.47. The van der Waals surface area contributed by atoms with Crippen LogP contribution in [0.3, 0.4) is 0 Å². The summed E-state index contributed by atoms with van der Waals surface area (Å²) in [6.07, 6.45) is 9.35. The van der Waals surface area contributed by atoms with Gasteiger partial charge in [0.15, 0.2) is 27.2 Å². The van der Waals surface area contributed by atoms with E-state index in [0.29, 0.717) is 77.8 Å². The van der Waals surface area contributed by atoms with Gasteiger partial charge in [0.25, 0.3) is 0 Å². The lowest BCUT2D eigenvalue weighted by molar-refractivity contribution is -0.148. The number of nitrogens with two attached hydrogens (primary N) is 3. The highest BCUT2D eigenvalue weighted by Crippen LogP contribution is 2.21. The molecule has 6 rings (SSSR count). The third-order valence-corrected chi connectivity index (χ3v) is 10.00. The quantitative estimate of drug-likeness (QED) is 0.0368. The Morgan fingerprint density at radius 1 is 0.548 bits per heavy atom. The Hall–Kier alpha value is -7.49. The maximum Gasteiger partial charge on any atom is 0.302 e. The first-order chi connectivity index (χ1) is 34.1. The van der Waals surface area contributed by atoms with Crippen molar-refractivity contribution in [1.82, 2.24) is 59.0 Å². The standard InChI is InChI=1S/C14H18ClN5O4.C14H19N5O4.C10H18O4.C5H4ClN5.B/c1-8(21)23-5-10(6-24-9(2)22)3-4-20-7-17-11-12(15)18-14(16)19-13(11)20;1-9(20)22-6-11(7-23-10(2)21)3-4-19-8-17-12-5-16-14(15)18-13(12)19;1-4-5-10(6-13-8(2)11)7-14-9(3)12;6-3-2-4(9-1-8-2)11-5(7)10-3;/h7,10H,3-6H2,1-2H3,(H2,16,18,19);5,8,11H,3-4,6-7H2,1-2H3,(H2,15,16,18);10H,4-7H2,1-3H3;1H,(H3,7,8,9,10,11);. The minimum atomic E-state index is -0.386. The molecule has 0 saturated heterocycles. The zero-order chi connectivity index (χ0) is 53.3. The van der Waals surface area contributed by atoms with Gasteiger partial charge in [0.2, 0.25) is 17.8 Å². The molecule has 3 radical (unpaired) electrons. The number of hydrogen-bond donors (Lipinski definition) is 4. The molecule has 0 aliphatic heterocycles. The Bertz CT molecular complexity index is 2690. The summed E-state index contributed by atoms with van der Waals surface area (Å²) in [5.41, 5.74) is 19.9. The van der Waals surface area contributed by atoms with Crippen LogP contribution in [0.25, 0.3) is 33.5 Å². The van der Waals surface area contributed by atoms with Crippen LogP contribution < -0.4 is 17.2 Å². The number of aryl methyl sites for hydroxylation is 2. The molecular weight excluding hydrogens is 1000 g/mol. The molecule has 6 heterocycles. The molecule has 0 atom stereocenters. The van der Waals surface area contributed by atoms with Gasteiger partial charge >= 0.3 is 35.8 Å². The number of aromatic amines is 1. The van der Waals surface area contributed by atoms with Crippen molar-refractivity contribution in [2.75, 3.05) is 56.8 Å². The Balaban J connectivity index is 0.000000346. The first kappa shape index (κ1) is 61.6. The normalized spacial score (nSPS) is 10.6. The van der Waals surface area contributed by atoms with Gasteiger partial charge in [-0.2, -0.15) is 24.9 Å². The van der Waals surface area contributed by atoms with Crippen LogP contribution in [-0.2, 0) is 70.3 Å². The molecule has 0 amide bonds. The number of anilines is 3. The van der Waals surface area contributed by atoms with Crippen LogP contribution in [-0.4, -0.2) is 143 Å². The van der Waals surface area contributed by atoms with Crippen LogP contribution in [0, 0.1) is 17.8 Å². The molecule has 395 valence electrons. The van der Waals surface area contributed by atoms with Gasteiger partial charge in [0, 0.05) is 80.8 Å². The Morgan fingerprint density at radius 3 is 1.42 bits per heavy atom. The van der Waals surface area contributed by atoms with Crippen molar-refractivity contribution in [2.45, 2.75) is 87.2 Å². The summed E-state index contributed by atoms with van der Waals surface area (Å²) in [5.74, 6) is -1.87. The van der Waals surface area contributed by atoms with Crippen LogP contribution in [0.4, 0.5) is 17.8 Å². The van der Waals surface area contributed by atoms with E-state index < -0.39 is 0 Å². The van der Waals surface area contributed by atoms with Crippen molar-refractivity contribution >= 4 is 119 Å². The van der Waals surface area contributed by atoms with Gasteiger partial charge in [-0.15, -0.1) is 0 Å². The lowest BCUT2D eigenvalue weighted by atomic mass is 10.1. The number of nitrogens with one attached hydrogen (secondary N) is 1. The first-order valence-corrected chi connectivity index (χ1v) is 22.9. The van der Waals surface area contributed by atoms with Crippen LogP contribution in [0.15, 0.2) is 25.2 Å². The van der Waals surface area contributed by atoms with E-state index in [4.69, 9.17) is 68.8 Å². The number of hydrogen-bond acceptors (Lipinski definition) is 24. The zero-order valence-electron chi connectivity index (χ0n) is 41.4. The average Bonchev–Trinajstić information content (AvgIpc) is 4.06. The van der Waals surface area contributed by atoms with E-state index in [2.05, 4.69) is 49.8 Å². The molecule has 0 aliphatic carbocycles. The third-order valence-electron chi connectivity index (χ3n) is 9.46. The highest BCUT2D eigenvalue weighted by Gasteiger charge is 2.18. The molecule has 73 heavy (non-hydrogen) atoms. The van der Waals surface area contributed by atoms with Gasteiger partial charge in [-0.25, -0.2) is 19.9 Å². The van der Waals surface area contributed by atoms with Crippen molar-refractivity contribution in [1.29, 1.82) is 0 Å². The van der Waals surface area contributed by atoms with Crippen LogP contribution >= 0.6 is 23.2 Å². The Kier molecular flexibility index (Phi) is 26.8. The van der Waals surface area contributed by atoms with Gasteiger partial charge in [-0.3, -0.25) is 28.8 Å². The number of H-pyrrole nitrogens is 1. The van der Waals surface area contributed by atoms with Gasteiger partial charge in [0.05, 0.1) is 64.8 Å². The van der Waals surface area contributed by atoms with Crippen molar-refractivity contribution in [3.8, 4) is 0 Å². The Morgan fingerprint density at radius 2 is 0.959 bits per heavy atom. The van der Waals surface area contributed by atoms with Crippen molar-refractivity contribution < 1.29 is 57.2 Å². The number of rotatable bonds is 20. The second-order valence-electron chi connectivity index (χ2n) is 15.6. The number of carbonyl (C=O) groups excluding carboxylic acids is 6. The molecule has 6 aromatic rings. The molecule has 30 heteroatoms. The highest BCUT2D eigenvalue weighted by molar-refractivity contribution is 6.34. The van der Waals surface area contributed by atoms with E-state index in [0.717, 1.165) is 12.8 Å². The van der Waals surface area contributed by atoms with E-state index in [1.807, 2.05) is 11.5 Å². The molecule has 0 bridgehead atoms. The topological polar surface area (TPSA) is 378 Å². The number of aromatic nitrogens is 12. The van der Waals surface area contributed by atoms with Crippen molar-refractivity contribution in [3.63, 3.8) is 0 Å². The summed E-state index contributed by atoms with van der Waals surface area (Å²) >= 11 is 11.7. The second-order valence-corrected chi connectivity index (χ2v) is 16.3. The maximum atomic E-state index is 11.0. The molecule has 0 aliphatic rings. The average molecular weight is 1060 g/mol. The number of imidazole rings is 3. The van der Waals surface area contributed by atoms with Crippen LogP contribution in [0.5, 0.6) is 0 Å². The molecule has 0 saturated carbocycles. The lowest BCUT2D eigenvalue weighted by Gasteiger charge is -2.16. The summed E-state index contributed by atoms with van der Waals surface area (Å²) in [5, 5.41) is 0.484. The van der Waals surface area contributed by atoms with E-state index in [9.17, 15) is 28.8 Å². The fourth-order valence-corrected chi connectivity index (χ4v) is 6.49. The molecule has 0 unspecified atom stereocenters. The summed E-state index contributed by atoms with van der Waals surface area (Å²) < 4.78 is 33.4. The molecule has 0 aromatic carbocycles. The summed E-state index contributed by atoms with van der Waals surface area (Å²) in [7, 11) is 0. The van der Waals surface area contributed by atoms with Crippen molar-refractivity contribution in [3.05, 3.63) is 35.5 Å². The fraction of sp³-hybridized carbons (Fsp3) is 0.512. The number of carbonyl (C=O) groups is 6. The lowest BCUT2D eigenvalue weighted by Crippen LogP contribution is -2.21. The molecule has 0 spiro atoms. The number of nitrogens with zero attached hydrogens (tertiary/aromatic N) is 11. The highest BCUT2D eigenvalue weighted by atomic mass is 35.5. The first-order valence-electron chi connectivity index (χ1n) is 22.1. The van der Waals surface area contributed by atoms with Gasteiger partial charge < -0.3 is 59.7 Å². The maximum absolute atomic E-state index is 11.0. The SMILES string of the molecule is CC(=O)OCC(CCn1cnc2c(Cl)nc(N)nc21)COC(C)=O.CC(=O)OCC(CCn1cnc2cnc(N)nc21)COC(C)=O.CCCC(COC(C)=O)COC(C)=O.Nc1nc(Cl)c2[nH]cnc2n1.[B]. The molecular formula is C43H59BCl2N15O12. The van der Waals surface area contributed by atoms with E-state index in [-0.39, 0.29) is 111 Å². The van der Waals surface area contributed by atoms with E-state index in [1.165, 1.54) is 47.9 Å². The number of halogens is 2. The van der Waals surface area contributed by atoms with Gasteiger partial charge in [0.1, 0.15) is 16.6 Å². The predicted molar refractivity (Wildman–Crippen MR) is 266 cm³/mol. The van der Waals surface area contributed by atoms with Gasteiger partial charge in [-0.05, 0) is 19.3 Å². The molecule has 0 fully saturated rings.